The van der Waals surface area contributed by atoms with Gasteiger partial charge in [0.15, 0.2) is 11.5 Å². The van der Waals surface area contributed by atoms with Crippen LogP contribution in [0.3, 0.4) is 0 Å². The van der Waals surface area contributed by atoms with Crippen LogP contribution in [-0.2, 0) is 22.5 Å². The van der Waals surface area contributed by atoms with Crippen molar-refractivity contribution >= 4 is 23.3 Å². The number of nitrogens with one attached hydrogen (secondary N) is 1. The third-order valence-electron chi connectivity index (χ3n) is 6.94. The zero-order valence-corrected chi connectivity index (χ0v) is 24.1. The number of benzene rings is 1. The highest BCUT2D eigenvalue weighted by molar-refractivity contribution is 7.11. The van der Waals surface area contributed by atoms with Gasteiger partial charge in [0.25, 0.3) is 0 Å². The smallest absolute Gasteiger partial charge is 0.318 e. The molecule has 3 amide bonds. The minimum Gasteiger partial charge on any atom is -0.493 e. The van der Waals surface area contributed by atoms with Crippen LogP contribution in [0.5, 0.6) is 11.5 Å². The van der Waals surface area contributed by atoms with Crippen molar-refractivity contribution in [3.63, 3.8) is 0 Å². The molecule has 0 radical (unpaired) electrons. The lowest BCUT2D eigenvalue weighted by molar-refractivity contribution is -0.132. The van der Waals surface area contributed by atoms with Crippen LogP contribution in [0.1, 0.15) is 53.8 Å². The number of carbonyl (C=O) groups is 2. The van der Waals surface area contributed by atoms with Crippen LogP contribution in [0.4, 0.5) is 4.79 Å². The van der Waals surface area contributed by atoms with Gasteiger partial charge in [-0.3, -0.25) is 4.79 Å². The molecule has 3 rings (SSSR count). The van der Waals surface area contributed by atoms with Gasteiger partial charge in [-0.15, -0.1) is 11.3 Å². The Morgan fingerprint density at radius 2 is 1.74 bits per heavy atom. The fourth-order valence-corrected chi connectivity index (χ4v) is 5.68. The van der Waals surface area contributed by atoms with Crippen molar-refractivity contribution in [1.29, 1.82) is 0 Å². The second-order valence-corrected chi connectivity index (χ2v) is 11.2. The maximum atomic E-state index is 13.7. The van der Waals surface area contributed by atoms with Crippen LogP contribution in [0.2, 0.25) is 0 Å². The summed E-state index contributed by atoms with van der Waals surface area (Å²) in [6, 6.07) is 10.0. The van der Waals surface area contributed by atoms with Crippen LogP contribution >= 0.6 is 11.3 Å². The molecule has 1 heterocycles. The Kier molecular flexibility index (Phi) is 12.2. The van der Waals surface area contributed by atoms with Crippen LogP contribution in [-0.4, -0.2) is 75.4 Å². The van der Waals surface area contributed by atoms with Gasteiger partial charge < -0.3 is 29.3 Å². The van der Waals surface area contributed by atoms with Crippen LogP contribution in [0.15, 0.2) is 30.3 Å². The molecule has 0 spiro atoms. The van der Waals surface area contributed by atoms with E-state index in [0.29, 0.717) is 50.6 Å². The minimum absolute atomic E-state index is 0.0402. The third-order valence-corrected chi connectivity index (χ3v) is 7.92. The summed E-state index contributed by atoms with van der Waals surface area (Å²) in [4.78, 5) is 32.7. The Hall–Kier alpha value is -2.78. The Morgan fingerprint density at radius 1 is 0.974 bits per heavy atom. The summed E-state index contributed by atoms with van der Waals surface area (Å²) in [5.74, 6) is 1.28. The van der Waals surface area contributed by atoms with Crippen molar-refractivity contribution in [2.24, 2.45) is 0 Å². The molecule has 0 aliphatic heterocycles. The number of methoxy groups -OCH3 is 3. The quantitative estimate of drug-likeness (QED) is 0.337. The van der Waals surface area contributed by atoms with E-state index in [1.165, 1.54) is 11.3 Å². The van der Waals surface area contributed by atoms with Gasteiger partial charge in [-0.25, -0.2) is 4.79 Å². The Balaban J connectivity index is 1.71. The highest BCUT2D eigenvalue weighted by atomic mass is 32.1. The molecule has 0 unspecified atom stereocenters. The van der Waals surface area contributed by atoms with E-state index in [1.807, 2.05) is 23.1 Å². The first-order chi connectivity index (χ1) is 18.4. The summed E-state index contributed by atoms with van der Waals surface area (Å²) < 4.78 is 16.0. The van der Waals surface area contributed by atoms with Gasteiger partial charge in [-0.05, 0) is 62.4 Å². The highest BCUT2D eigenvalue weighted by Gasteiger charge is 2.24. The average Bonchev–Trinajstić information content (AvgIpc) is 3.35. The zero-order valence-electron chi connectivity index (χ0n) is 23.3. The van der Waals surface area contributed by atoms with Gasteiger partial charge in [0.05, 0.1) is 20.8 Å². The number of urea groups is 1. The van der Waals surface area contributed by atoms with E-state index in [1.54, 1.807) is 37.6 Å². The molecule has 1 aromatic heterocycles. The van der Waals surface area contributed by atoms with Crippen molar-refractivity contribution in [2.75, 3.05) is 47.6 Å². The fraction of sp³-hybridized carbons (Fsp3) is 0.586. The summed E-state index contributed by atoms with van der Waals surface area (Å²) in [7, 11) is 4.88. The van der Waals surface area contributed by atoms with Gasteiger partial charge >= 0.3 is 6.03 Å². The largest absolute Gasteiger partial charge is 0.493 e. The lowest BCUT2D eigenvalue weighted by Crippen LogP contribution is -2.50. The summed E-state index contributed by atoms with van der Waals surface area (Å²) in [6.45, 7) is 4.16. The number of amides is 3. The molecule has 1 aliphatic rings. The molecule has 1 aliphatic carbocycles. The molecule has 0 bridgehead atoms. The van der Waals surface area contributed by atoms with E-state index in [4.69, 9.17) is 14.2 Å². The van der Waals surface area contributed by atoms with E-state index < -0.39 is 0 Å². The zero-order chi connectivity index (χ0) is 27.3. The minimum atomic E-state index is -0.159. The molecule has 2 aromatic rings. The average molecular weight is 546 g/mol. The normalized spacial score (nSPS) is 13.7. The molecule has 210 valence electrons. The Morgan fingerprint density at radius 3 is 2.39 bits per heavy atom. The topological polar surface area (TPSA) is 80.3 Å². The van der Waals surface area contributed by atoms with Crippen molar-refractivity contribution in [1.82, 2.24) is 15.1 Å². The first-order valence-electron chi connectivity index (χ1n) is 13.5. The molecular formula is C29H43N3O5S. The number of nitrogens with zero attached hydrogens (tertiary/aromatic N) is 2. The number of thiophene rings is 1. The molecular weight excluding hydrogens is 502 g/mol. The predicted octanol–water partition coefficient (Wildman–Crippen LogP) is 5.03. The molecule has 9 heteroatoms. The number of hydrogen-bond acceptors (Lipinski definition) is 6. The van der Waals surface area contributed by atoms with E-state index in [9.17, 15) is 9.59 Å². The van der Waals surface area contributed by atoms with E-state index >= 15 is 0 Å². The van der Waals surface area contributed by atoms with Gasteiger partial charge in [0.2, 0.25) is 5.91 Å². The summed E-state index contributed by atoms with van der Waals surface area (Å²) in [6.07, 6.45) is 6.84. The van der Waals surface area contributed by atoms with E-state index in [-0.39, 0.29) is 24.5 Å². The fourth-order valence-electron chi connectivity index (χ4n) is 4.78. The molecule has 38 heavy (non-hydrogen) atoms. The first-order valence-corrected chi connectivity index (χ1v) is 14.3. The number of rotatable bonds is 14. The predicted molar refractivity (Wildman–Crippen MR) is 151 cm³/mol. The monoisotopic (exact) mass is 545 g/mol. The number of ether oxygens (including phenoxy) is 3. The Labute approximate surface area is 231 Å². The Bertz CT molecular complexity index is 1020. The molecule has 1 fully saturated rings. The van der Waals surface area contributed by atoms with E-state index in [2.05, 4.69) is 24.4 Å². The van der Waals surface area contributed by atoms with Gasteiger partial charge in [0, 0.05) is 42.6 Å². The van der Waals surface area contributed by atoms with Gasteiger partial charge in [0.1, 0.15) is 6.54 Å². The van der Waals surface area contributed by atoms with Gasteiger partial charge in [-0.2, -0.15) is 0 Å². The molecule has 8 nitrogen and oxygen atoms in total. The summed E-state index contributed by atoms with van der Waals surface area (Å²) >= 11 is 1.69. The summed E-state index contributed by atoms with van der Waals surface area (Å²) in [5.41, 5.74) is 1.05. The highest BCUT2D eigenvalue weighted by Crippen LogP contribution is 2.28. The SMILES string of the molecule is COCCCN(CC(=O)N(CCc1ccc(OC)c(OC)c1)Cc1ccc(C)s1)C(=O)NC1CCCCC1. The first kappa shape index (κ1) is 29.8. The number of carbonyl (C=O) groups excluding carboxylic acids is 2. The maximum Gasteiger partial charge on any atom is 0.318 e. The molecule has 1 N–H and O–H groups in total. The standard InChI is InChI=1S/C29H43N3O5S/c1-22-11-13-25(38-22)20-31(17-15-23-12-14-26(36-3)27(19-23)37-4)28(33)21-32(16-8-18-35-2)29(34)30-24-9-6-5-7-10-24/h11-14,19,24H,5-10,15-18,20-21H2,1-4H3,(H,30,34). The second-order valence-electron chi connectivity index (χ2n) is 9.82. The molecule has 1 aromatic carbocycles. The van der Waals surface area contributed by atoms with E-state index in [0.717, 1.165) is 36.1 Å². The molecule has 0 atom stereocenters. The second kappa shape index (κ2) is 15.6. The lowest BCUT2D eigenvalue weighted by atomic mass is 9.96. The number of aryl methyl sites for hydroxylation is 1. The molecule has 1 saturated carbocycles. The van der Waals surface area contributed by atoms with Crippen LogP contribution < -0.4 is 14.8 Å². The van der Waals surface area contributed by atoms with Crippen molar-refractivity contribution < 1.29 is 23.8 Å². The lowest BCUT2D eigenvalue weighted by Gasteiger charge is -2.30. The maximum absolute atomic E-state index is 13.7. The van der Waals surface area contributed by atoms with Crippen LogP contribution in [0, 0.1) is 6.92 Å². The summed E-state index contributed by atoms with van der Waals surface area (Å²) in [5, 5.41) is 3.18. The van der Waals surface area contributed by atoms with Crippen molar-refractivity contribution in [3.05, 3.63) is 45.6 Å². The number of hydrogen-bond donors (Lipinski definition) is 1. The van der Waals surface area contributed by atoms with Gasteiger partial charge in [-0.1, -0.05) is 25.3 Å². The third kappa shape index (κ3) is 9.20. The van der Waals surface area contributed by atoms with Crippen LogP contribution in [0.25, 0.3) is 0 Å². The molecule has 0 saturated heterocycles. The van der Waals surface area contributed by atoms with Crippen molar-refractivity contribution in [3.8, 4) is 11.5 Å². The van der Waals surface area contributed by atoms with Crippen molar-refractivity contribution in [2.45, 2.75) is 64.5 Å².